The van der Waals surface area contributed by atoms with Crippen LogP contribution in [0.2, 0.25) is 0 Å². The number of carbonyl (C=O) groups excluding carboxylic acids is 3. The Kier molecular flexibility index (Phi) is 5.96. The molecular weight excluding hydrogens is 344 g/mol. The number of nitrogens with one attached hydrogen (secondary N) is 1. The van der Waals surface area contributed by atoms with Crippen molar-refractivity contribution in [1.82, 2.24) is 20.0 Å². The summed E-state index contributed by atoms with van der Waals surface area (Å²) in [5.41, 5.74) is 0.00597. The van der Waals surface area contributed by atoms with E-state index in [0.29, 0.717) is 44.3 Å². The topological polar surface area (TPSA) is 73.0 Å². The van der Waals surface area contributed by atoms with E-state index in [1.807, 2.05) is 9.80 Å². The van der Waals surface area contributed by atoms with Gasteiger partial charge < -0.3 is 20.0 Å². The minimum absolute atomic E-state index is 0.00597. The molecule has 3 aliphatic rings. The number of likely N-dealkylation sites (tertiary alicyclic amines) is 2. The van der Waals surface area contributed by atoms with Crippen LogP contribution in [-0.2, 0) is 9.59 Å². The first-order chi connectivity index (χ1) is 12.7. The van der Waals surface area contributed by atoms with Crippen LogP contribution in [0.25, 0.3) is 0 Å². The quantitative estimate of drug-likeness (QED) is 0.806. The molecule has 7 heteroatoms. The Morgan fingerprint density at radius 3 is 2.41 bits per heavy atom. The zero-order chi connectivity index (χ0) is 19.6. The van der Waals surface area contributed by atoms with Crippen LogP contribution in [0.4, 0.5) is 4.79 Å². The zero-order valence-corrected chi connectivity index (χ0v) is 17.0. The van der Waals surface area contributed by atoms with Crippen LogP contribution < -0.4 is 5.32 Å². The van der Waals surface area contributed by atoms with Crippen molar-refractivity contribution in [2.45, 2.75) is 46.5 Å². The molecule has 27 heavy (non-hydrogen) atoms. The molecule has 3 fully saturated rings. The van der Waals surface area contributed by atoms with Gasteiger partial charge in [-0.1, -0.05) is 20.8 Å². The lowest BCUT2D eigenvalue weighted by Gasteiger charge is -2.38. The molecule has 1 N–H and O–H groups in total. The van der Waals surface area contributed by atoms with Crippen molar-refractivity contribution in [3.8, 4) is 0 Å². The lowest BCUT2D eigenvalue weighted by Crippen LogP contribution is -2.44. The largest absolute Gasteiger partial charge is 0.342 e. The fourth-order valence-corrected chi connectivity index (χ4v) is 4.47. The van der Waals surface area contributed by atoms with Crippen molar-refractivity contribution in [3.05, 3.63) is 0 Å². The van der Waals surface area contributed by atoms with Crippen LogP contribution >= 0.6 is 0 Å². The van der Waals surface area contributed by atoms with Crippen LogP contribution in [0.15, 0.2) is 0 Å². The fourth-order valence-electron chi connectivity index (χ4n) is 4.47. The molecule has 3 aliphatic heterocycles. The van der Waals surface area contributed by atoms with Crippen molar-refractivity contribution >= 4 is 17.8 Å². The first-order valence-electron chi connectivity index (χ1n) is 10.3. The van der Waals surface area contributed by atoms with Gasteiger partial charge in [0.05, 0.1) is 0 Å². The van der Waals surface area contributed by atoms with Gasteiger partial charge in [-0.3, -0.25) is 9.59 Å². The number of nitrogens with zero attached hydrogens (tertiary/aromatic N) is 3. The number of urea groups is 1. The minimum Gasteiger partial charge on any atom is -0.342 e. The number of hydrogen-bond acceptors (Lipinski definition) is 3. The fraction of sp³-hybridized carbons (Fsp3) is 0.850. The normalized spacial score (nSPS) is 26.7. The van der Waals surface area contributed by atoms with Gasteiger partial charge in [-0.2, -0.15) is 0 Å². The molecule has 152 valence electrons. The van der Waals surface area contributed by atoms with Gasteiger partial charge in [0.15, 0.2) is 0 Å². The molecule has 0 unspecified atom stereocenters. The number of amides is 4. The number of fused-ring (bicyclic) bond motifs is 1. The van der Waals surface area contributed by atoms with Crippen LogP contribution in [0.5, 0.6) is 0 Å². The monoisotopic (exact) mass is 378 g/mol. The Labute approximate surface area is 162 Å². The third-order valence-electron chi connectivity index (χ3n) is 6.07. The maximum atomic E-state index is 12.7. The minimum atomic E-state index is -0.0288. The van der Waals surface area contributed by atoms with E-state index in [9.17, 15) is 14.4 Å². The molecule has 0 aliphatic carbocycles. The number of carbonyl (C=O) groups is 3. The molecule has 0 radical (unpaired) electrons. The average molecular weight is 379 g/mol. The summed E-state index contributed by atoms with van der Waals surface area (Å²) < 4.78 is 0. The molecule has 7 nitrogen and oxygen atoms in total. The lowest BCUT2D eigenvalue weighted by atomic mass is 9.81. The first-order valence-corrected chi connectivity index (χ1v) is 10.3. The number of rotatable bonds is 4. The summed E-state index contributed by atoms with van der Waals surface area (Å²) in [6.07, 6.45) is 3.03. The maximum Gasteiger partial charge on any atom is 0.317 e. The van der Waals surface area contributed by atoms with Crippen LogP contribution in [0.3, 0.4) is 0 Å². The van der Waals surface area contributed by atoms with Gasteiger partial charge in [-0.25, -0.2) is 4.79 Å². The summed E-state index contributed by atoms with van der Waals surface area (Å²) in [7, 11) is 0. The van der Waals surface area contributed by atoms with E-state index in [1.165, 1.54) is 0 Å². The highest BCUT2D eigenvalue weighted by molar-refractivity contribution is 5.78. The second-order valence-corrected chi connectivity index (χ2v) is 9.48. The van der Waals surface area contributed by atoms with E-state index in [1.54, 1.807) is 4.90 Å². The summed E-state index contributed by atoms with van der Waals surface area (Å²) in [4.78, 5) is 42.7. The molecular formula is C20H34N4O3. The van der Waals surface area contributed by atoms with Gasteiger partial charge in [0.25, 0.3) is 0 Å². The highest BCUT2D eigenvalue weighted by Crippen LogP contribution is 2.33. The zero-order valence-electron chi connectivity index (χ0n) is 17.0. The highest BCUT2D eigenvalue weighted by Gasteiger charge is 2.37. The molecule has 4 amide bonds. The molecule has 2 atom stereocenters. The Morgan fingerprint density at radius 2 is 1.74 bits per heavy atom. The van der Waals surface area contributed by atoms with Crippen LogP contribution in [0, 0.1) is 17.3 Å². The standard InChI is InChI=1S/C20H34N4O3/c1-20(2,3)13-18(26)24-8-4-15-12-17(25)22(7-5-16(15)14-24)10-11-23-9-6-21-19(23)27/h15-16H,4-14H2,1-3H3,(H,21,27)/t15-,16-/m0/s1. The summed E-state index contributed by atoms with van der Waals surface area (Å²) in [5.74, 6) is 1.24. The third-order valence-corrected chi connectivity index (χ3v) is 6.07. The molecule has 3 saturated heterocycles. The van der Waals surface area contributed by atoms with E-state index < -0.39 is 0 Å². The van der Waals surface area contributed by atoms with Crippen LogP contribution in [-0.4, -0.2) is 78.4 Å². The maximum absolute atomic E-state index is 12.7. The predicted molar refractivity (Wildman–Crippen MR) is 103 cm³/mol. The second-order valence-electron chi connectivity index (χ2n) is 9.48. The van der Waals surface area contributed by atoms with Gasteiger partial charge in [0, 0.05) is 58.7 Å². The molecule has 0 saturated carbocycles. The summed E-state index contributed by atoms with van der Waals surface area (Å²) >= 11 is 0. The number of hydrogen-bond donors (Lipinski definition) is 1. The third kappa shape index (κ3) is 5.14. The van der Waals surface area contributed by atoms with Gasteiger partial charge in [0.2, 0.25) is 11.8 Å². The van der Waals surface area contributed by atoms with E-state index >= 15 is 0 Å². The van der Waals surface area contributed by atoms with Crippen molar-refractivity contribution in [2.24, 2.45) is 17.3 Å². The molecule has 0 spiro atoms. The molecule has 0 aromatic rings. The van der Waals surface area contributed by atoms with Crippen molar-refractivity contribution < 1.29 is 14.4 Å². The molecule has 3 rings (SSSR count). The Balaban J connectivity index is 1.53. The molecule has 3 heterocycles. The first kappa shape index (κ1) is 20.0. The summed E-state index contributed by atoms with van der Waals surface area (Å²) in [6, 6.07) is -0.0288. The van der Waals surface area contributed by atoms with Gasteiger partial charge in [-0.15, -0.1) is 0 Å². The second kappa shape index (κ2) is 8.07. The van der Waals surface area contributed by atoms with Crippen molar-refractivity contribution in [1.29, 1.82) is 0 Å². The van der Waals surface area contributed by atoms with Gasteiger partial charge >= 0.3 is 6.03 Å². The van der Waals surface area contributed by atoms with Crippen LogP contribution in [0.1, 0.15) is 46.5 Å². The predicted octanol–water partition coefficient (Wildman–Crippen LogP) is 1.53. The molecule has 0 aromatic carbocycles. The summed E-state index contributed by atoms with van der Waals surface area (Å²) in [5, 5.41) is 2.80. The SMILES string of the molecule is CC(C)(C)CC(=O)N1CC[C@H]2CC(=O)N(CCN3CCNC3=O)CC[C@H]2C1. The van der Waals surface area contributed by atoms with Gasteiger partial charge in [-0.05, 0) is 30.1 Å². The summed E-state index contributed by atoms with van der Waals surface area (Å²) in [6.45, 7) is 11.2. The van der Waals surface area contributed by atoms with E-state index in [2.05, 4.69) is 26.1 Å². The van der Waals surface area contributed by atoms with E-state index in [-0.39, 0.29) is 23.3 Å². The average Bonchev–Trinajstić information content (AvgIpc) is 2.91. The van der Waals surface area contributed by atoms with E-state index in [0.717, 1.165) is 39.0 Å². The van der Waals surface area contributed by atoms with Crippen molar-refractivity contribution in [2.75, 3.05) is 45.8 Å². The molecule has 0 aromatic heterocycles. The highest BCUT2D eigenvalue weighted by atomic mass is 16.2. The van der Waals surface area contributed by atoms with E-state index in [4.69, 9.17) is 0 Å². The Morgan fingerprint density at radius 1 is 1.04 bits per heavy atom. The van der Waals surface area contributed by atoms with Crippen molar-refractivity contribution in [3.63, 3.8) is 0 Å². The smallest absolute Gasteiger partial charge is 0.317 e. The Bertz CT molecular complexity index is 586. The number of piperidine rings is 1. The lowest BCUT2D eigenvalue weighted by molar-refractivity contribution is -0.136. The Hall–Kier alpha value is -1.79. The van der Waals surface area contributed by atoms with Gasteiger partial charge in [0.1, 0.15) is 0 Å². The molecule has 0 bridgehead atoms.